The highest BCUT2D eigenvalue weighted by atomic mass is 16.3. The molecular formula is C23H25N5O. The van der Waals surface area contributed by atoms with E-state index in [1.807, 2.05) is 30.3 Å². The Balaban J connectivity index is 1.29. The molecule has 148 valence electrons. The van der Waals surface area contributed by atoms with Crippen molar-refractivity contribution in [1.82, 2.24) is 20.6 Å². The smallest absolute Gasteiger partial charge is 0.226 e. The van der Waals surface area contributed by atoms with Crippen LogP contribution >= 0.6 is 0 Å². The van der Waals surface area contributed by atoms with Crippen LogP contribution in [0.5, 0.6) is 0 Å². The molecule has 2 heterocycles. The van der Waals surface area contributed by atoms with Crippen LogP contribution in [0.1, 0.15) is 16.8 Å². The summed E-state index contributed by atoms with van der Waals surface area (Å²) in [4.78, 5) is 12.2. The third-order valence-corrected chi connectivity index (χ3v) is 4.84. The average molecular weight is 387 g/mol. The summed E-state index contributed by atoms with van der Waals surface area (Å²) in [6.45, 7) is 3.44. The van der Waals surface area contributed by atoms with Gasteiger partial charge in [-0.15, -0.1) is 0 Å². The van der Waals surface area contributed by atoms with Crippen molar-refractivity contribution in [3.8, 4) is 11.5 Å². The molecule has 0 unspecified atom stereocenters. The predicted molar refractivity (Wildman–Crippen MR) is 117 cm³/mol. The van der Waals surface area contributed by atoms with Crippen molar-refractivity contribution in [2.75, 3.05) is 13.6 Å². The minimum Gasteiger partial charge on any atom is -0.444 e. The first-order chi connectivity index (χ1) is 14.2. The lowest BCUT2D eigenvalue weighted by Gasteiger charge is -2.10. The lowest BCUT2D eigenvalue weighted by molar-refractivity contribution is 0.572. The summed E-state index contributed by atoms with van der Waals surface area (Å²) in [7, 11) is 1.77. The van der Waals surface area contributed by atoms with Crippen molar-refractivity contribution in [2.24, 2.45) is 4.99 Å². The number of aromatic amines is 1. The van der Waals surface area contributed by atoms with Crippen LogP contribution in [0.25, 0.3) is 22.4 Å². The van der Waals surface area contributed by atoms with E-state index in [-0.39, 0.29) is 0 Å². The number of nitrogens with one attached hydrogen (secondary N) is 3. The zero-order chi connectivity index (χ0) is 20.1. The van der Waals surface area contributed by atoms with E-state index < -0.39 is 0 Å². The normalized spacial score (nSPS) is 11.7. The van der Waals surface area contributed by atoms with Crippen molar-refractivity contribution >= 4 is 16.9 Å². The summed E-state index contributed by atoms with van der Waals surface area (Å²) in [6.07, 6.45) is 4.67. The SMILES string of the molecule is CN=C(NCCc1c[nH]c2cc(C)ccc12)NCc1coc(-c2ccccc2)n1. The summed E-state index contributed by atoms with van der Waals surface area (Å²) in [5.74, 6) is 1.37. The maximum atomic E-state index is 5.58. The molecule has 0 aliphatic rings. The Morgan fingerprint density at radius 2 is 2.00 bits per heavy atom. The van der Waals surface area contributed by atoms with Crippen LogP contribution in [0.3, 0.4) is 0 Å². The van der Waals surface area contributed by atoms with Crippen molar-refractivity contribution in [1.29, 1.82) is 0 Å². The molecule has 0 aliphatic carbocycles. The number of aromatic nitrogens is 2. The first-order valence-electron chi connectivity index (χ1n) is 9.74. The molecule has 4 aromatic rings. The second kappa shape index (κ2) is 8.65. The molecule has 6 heteroatoms. The number of hydrogen-bond acceptors (Lipinski definition) is 3. The van der Waals surface area contributed by atoms with Gasteiger partial charge < -0.3 is 20.0 Å². The lowest BCUT2D eigenvalue weighted by Crippen LogP contribution is -2.37. The summed E-state index contributed by atoms with van der Waals surface area (Å²) >= 11 is 0. The number of hydrogen-bond donors (Lipinski definition) is 3. The predicted octanol–water partition coefficient (Wildman–Crippen LogP) is 4.04. The van der Waals surface area contributed by atoms with Crippen LogP contribution in [0, 0.1) is 6.92 Å². The fourth-order valence-electron chi connectivity index (χ4n) is 3.32. The van der Waals surface area contributed by atoms with E-state index in [0.717, 1.165) is 30.2 Å². The van der Waals surface area contributed by atoms with E-state index in [0.29, 0.717) is 12.4 Å². The molecule has 0 saturated carbocycles. The number of H-pyrrole nitrogens is 1. The monoisotopic (exact) mass is 387 g/mol. The lowest BCUT2D eigenvalue weighted by atomic mass is 10.1. The number of oxazole rings is 1. The van der Waals surface area contributed by atoms with Gasteiger partial charge in [0.05, 0.1) is 12.2 Å². The molecule has 0 spiro atoms. The Morgan fingerprint density at radius 1 is 1.14 bits per heavy atom. The molecule has 4 rings (SSSR count). The molecule has 2 aromatic heterocycles. The van der Waals surface area contributed by atoms with Crippen LogP contribution in [0.2, 0.25) is 0 Å². The van der Waals surface area contributed by atoms with Gasteiger partial charge in [-0.05, 0) is 42.7 Å². The van der Waals surface area contributed by atoms with Crippen LogP contribution in [-0.2, 0) is 13.0 Å². The van der Waals surface area contributed by atoms with Gasteiger partial charge in [-0.1, -0.05) is 30.3 Å². The highest BCUT2D eigenvalue weighted by molar-refractivity contribution is 5.84. The maximum absolute atomic E-state index is 5.58. The van der Waals surface area contributed by atoms with Gasteiger partial charge in [-0.3, -0.25) is 4.99 Å². The zero-order valence-corrected chi connectivity index (χ0v) is 16.7. The van der Waals surface area contributed by atoms with Crippen LogP contribution in [-0.4, -0.2) is 29.5 Å². The van der Waals surface area contributed by atoms with Gasteiger partial charge >= 0.3 is 0 Å². The standard InChI is InChI=1S/C23H25N5O/c1-16-8-9-20-18(13-26-21(20)12-16)10-11-25-23(24-2)27-14-19-15-29-22(28-19)17-6-4-3-5-7-17/h3-9,12-13,15,26H,10-11,14H2,1-2H3,(H2,24,25,27). The second-order valence-electron chi connectivity index (χ2n) is 6.98. The molecule has 2 aromatic carbocycles. The summed E-state index contributed by atoms with van der Waals surface area (Å²) in [5, 5.41) is 7.92. The number of aliphatic imine (C=N–C) groups is 1. The fraction of sp³-hybridized carbons (Fsp3) is 0.217. The average Bonchev–Trinajstić information content (AvgIpc) is 3.38. The Bertz CT molecular complexity index is 1110. The molecule has 0 radical (unpaired) electrons. The second-order valence-corrected chi connectivity index (χ2v) is 6.98. The molecule has 6 nitrogen and oxygen atoms in total. The number of nitrogens with zero attached hydrogens (tertiary/aromatic N) is 2. The van der Waals surface area contributed by atoms with E-state index in [9.17, 15) is 0 Å². The first-order valence-corrected chi connectivity index (χ1v) is 9.74. The Morgan fingerprint density at radius 3 is 2.83 bits per heavy atom. The number of rotatable bonds is 6. The van der Waals surface area contributed by atoms with Crippen molar-refractivity contribution in [3.05, 3.63) is 77.8 Å². The van der Waals surface area contributed by atoms with Crippen LogP contribution in [0.4, 0.5) is 0 Å². The Hall–Kier alpha value is -3.54. The maximum Gasteiger partial charge on any atom is 0.226 e. The number of guanidine groups is 1. The molecule has 3 N–H and O–H groups in total. The minimum atomic E-state index is 0.544. The van der Waals surface area contributed by atoms with Crippen LogP contribution in [0.15, 0.2) is 70.4 Å². The highest BCUT2D eigenvalue weighted by Crippen LogP contribution is 2.20. The van der Waals surface area contributed by atoms with Gasteiger partial charge in [0, 0.05) is 36.3 Å². The van der Waals surface area contributed by atoms with Gasteiger partial charge in [0.1, 0.15) is 6.26 Å². The number of aryl methyl sites for hydroxylation is 1. The Labute approximate surface area is 170 Å². The molecular weight excluding hydrogens is 362 g/mol. The van der Waals surface area contributed by atoms with E-state index in [1.54, 1.807) is 13.3 Å². The molecule has 0 saturated heterocycles. The van der Waals surface area contributed by atoms with E-state index in [2.05, 4.69) is 56.9 Å². The molecule has 0 aliphatic heterocycles. The minimum absolute atomic E-state index is 0.544. The highest BCUT2D eigenvalue weighted by Gasteiger charge is 2.08. The van der Waals surface area contributed by atoms with E-state index >= 15 is 0 Å². The van der Waals surface area contributed by atoms with Gasteiger partial charge in [-0.2, -0.15) is 0 Å². The largest absolute Gasteiger partial charge is 0.444 e. The third kappa shape index (κ3) is 4.48. The Kier molecular flexibility index (Phi) is 5.61. The van der Waals surface area contributed by atoms with Crippen molar-refractivity contribution in [2.45, 2.75) is 19.9 Å². The van der Waals surface area contributed by atoms with Gasteiger partial charge in [0.15, 0.2) is 5.96 Å². The molecule has 29 heavy (non-hydrogen) atoms. The third-order valence-electron chi connectivity index (χ3n) is 4.84. The fourth-order valence-corrected chi connectivity index (χ4v) is 3.32. The molecule has 0 amide bonds. The van der Waals surface area contributed by atoms with Crippen molar-refractivity contribution in [3.63, 3.8) is 0 Å². The van der Waals surface area contributed by atoms with Gasteiger partial charge in [-0.25, -0.2) is 4.98 Å². The number of fused-ring (bicyclic) bond motifs is 1. The molecule has 0 fully saturated rings. The molecule has 0 atom stereocenters. The summed E-state index contributed by atoms with van der Waals surface area (Å²) in [6, 6.07) is 16.4. The summed E-state index contributed by atoms with van der Waals surface area (Å²) < 4.78 is 5.58. The zero-order valence-electron chi connectivity index (χ0n) is 16.7. The van der Waals surface area contributed by atoms with E-state index in [1.165, 1.54) is 22.0 Å². The van der Waals surface area contributed by atoms with Crippen molar-refractivity contribution < 1.29 is 4.42 Å². The summed E-state index contributed by atoms with van der Waals surface area (Å²) in [5.41, 5.74) is 5.54. The van der Waals surface area contributed by atoms with E-state index in [4.69, 9.17) is 4.42 Å². The number of benzene rings is 2. The van der Waals surface area contributed by atoms with Gasteiger partial charge in [0.2, 0.25) is 5.89 Å². The molecule has 0 bridgehead atoms. The first kappa shape index (κ1) is 18.8. The van der Waals surface area contributed by atoms with Crippen LogP contribution < -0.4 is 10.6 Å². The topological polar surface area (TPSA) is 78.2 Å². The quantitative estimate of drug-likeness (QED) is 0.345. The van der Waals surface area contributed by atoms with Gasteiger partial charge in [0.25, 0.3) is 0 Å².